The average Bonchev–Trinajstić information content (AvgIpc) is 2.80. The van der Waals surface area contributed by atoms with E-state index in [-0.39, 0.29) is 24.4 Å². The third-order valence-corrected chi connectivity index (χ3v) is 4.19. The van der Waals surface area contributed by atoms with Gasteiger partial charge in [-0.2, -0.15) is 0 Å². The van der Waals surface area contributed by atoms with Gasteiger partial charge in [-0.1, -0.05) is 30.3 Å². The van der Waals surface area contributed by atoms with Gasteiger partial charge in [0.2, 0.25) is 0 Å². The molecule has 0 radical (unpaired) electrons. The summed E-state index contributed by atoms with van der Waals surface area (Å²) in [4.78, 5) is 22.9. The van der Waals surface area contributed by atoms with Gasteiger partial charge in [0.15, 0.2) is 6.29 Å². The van der Waals surface area contributed by atoms with Crippen LogP contribution in [0.25, 0.3) is 0 Å². The van der Waals surface area contributed by atoms with Crippen LogP contribution in [0.5, 0.6) is 0 Å². The number of hydrogen-bond donors (Lipinski definition) is 2. The van der Waals surface area contributed by atoms with E-state index in [0.717, 1.165) is 6.42 Å². The molecule has 0 saturated heterocycles. The number of ether oxygens (including phenoxy) is 4. The van der Waals surface area contributed by atoms with Gasteiger partial charge in [-0.15, -0.1) is 0 Å². The number of rotatable bonds is 15. The van der Waals surface area contributed by atoms with Gasteiger partial charge >= 0.3 is 11.9 Å². The Labute approximate surface area is 183 Å². The fourth-order valence-electron chi connectivity index (χ4n) is 2.35. The summed E-state index contributed by atoms with van der Waals surface area (Å²) in [6, 6.07) is 9.96. The van der Waals surface area contributed by atoms with E-state index < -0.39 is 18.2 Å². The highest BCUT2D eigenvalue weighted by atomic mass is 16.7. The summed E-state index contributed by atoms with van der Waals surface area (Å²) in [6.07, 6.45) is 3.36. The first-order valence-corrected chi connectivity index (χ1v) is 10.2. The lowest BCUT2D eigenvalue weighted by Crippen LogP contribution is -2.21. The van der Waals surface area contributed by atoms with Crippen LogP contribution in [0.1, 0.15) is 38.7 Å². The maximum Gasteiger partial charge on any atom is 0.336 e. The van der Waals surface area contributed by atoms with Gasteiger partial charge in [-0.3, -0.25) is 0 Å². The minimum atomic E-state index is -0.569. The molecule has 31 heavy (non-hydrogen) atoms. The number of carbonyl (C=O) groups is 2. The van der Waals surface area contributed by atoms with Crippen molar-refractivity contribution in [2.24, 2.45) is 0 Å². The molecule has 172 valence electrons. The van der Waals surface area contributed by atoms with Crippen LogP contribution in [0.3, 0.4) is 0 Å². The van der Waals surface area contributed by atoms with Crippen molar-refractivity contribution in [1.29, 1.82) is 0 Å². The van der Waals surface area contributed by atoms with Crippen LogP contribution in [0.15, 0.2) is 54.0 Å². The van der Waals surface area contributed by atoms with Crippen LogP contribution >= 0.6 is 0 Å². The molecule has 0 bridgehead atoms. The Kier molecular flexibility index (Phi) is 13.5. The summed E-state index contributed by atoms with van der Waals surface area (Å²) < 4.78 is 21.6. The number of benzene rings is 1. The number of esters is 2. The highest BCUT2D eigenvalue weighted by molar-refractivity contribution is 5.87. The highest BCUT2D eigenvalue weighted by Crippen LogP contribution is 2.10. The quantitative estimate of drug-likeness (QED) is 0.141. The fourth-order valence-corrected chi connectivity index (χ4v) is 2.35. The molecule has 0 amide bonds. The van der Waals surface area contributed by atoms with E-state index in [4.69, 9.17) is 29.2 Å². The average molecular weight is 437 g/mol. The van der Waals surface area contributed by atoms with Gasteiger partial charge in [0, 0.05) is 19.3 Å². The summed E-state index contributed by atoms with van der Waals surface area (Å²) in [5, 5.41) is 17.6. The molecule has 0 spiro atoms. The first kappa shape index (κ1) is 26.2. The molecular weight excluding hydrogens is 404 g/mol. The standard InChI is InChI=1S/C23H32O8/c1-18(16-24)22(26)30-14-6-12-28-21(11-10-20-8-4-3-5-9-20)29-13-7-15-31-23(27)19(2)17-25/h3-5,8-9,16-17,21,24-25H,6-7,10-15H2,1-2H3. The summed E-state index contributed by atoms with van der Waals surface area (Å²) in [7, 11) is 0. The minimum absolute atomic E-state index is 0.135. The van der Waals surface area contributed by atoms with Crippen LogP contribution in [-0.2, 0) is 35.0 Å². The van der Waals surface area contributed by atoms with Crippen LogP contribution in [-0.4, -0.2) is 54.9 Å². The molecule has 1 aromatic rings. The third kappa shape index (κ3) is 11.8. The van der Waals surface area contributed by atoms with E-state index in [1.54, 1.807) is 0 Å². The molecule has 0 heterocycles. The smallest absolute Gasteiger partial charge is 0.336 e. The Morgan fingerprint density at radius 2 is 1.32 bits per heavy atom. The zero-order valence-electron chi connectivity index (χ0n) is 18.1. The number of hydrogen-bond acceptors (Lipinski definition) is 8. The van der Waals surface area contributed by atoms with Gasteiger partial charge in [0.25, 0.3) is 0 Å². The lowest BCUT2D eigenvalue weighted by atomic mass is 10.1. The van der Waals surface area contributed by atoms with Crippen molar-refractivity contribution < 1.29 is 38.7 Å². The van der Waals surface area contributed by atoms with Crippen LogP contribution < -0.4 is 0 Å². The second-order valence-electron chi connectivity index (χ2n) is 6.80. The molecule has 0 aliphatic rings. The third-order valence-electron chi connectivity index (χ3n) is 4.19. The number of aryl methyl sites for hydroxylation is 1. The van der Waals surface area contributed by atoms with Crippen LogP contribution in [0, 0.1) is 0 Å². The van der Waals surface area contributed by atoms with E-state index in [1.165, 1.54) is 19.4 Å². The first-order chi connectivity index (χ1) is 15.0. The highest BCUT2D eigenvalue weighted by Gasteiger charge is 2.12. The number of aliphatic hydroxyl groups is 2. The van der Waals surface area contributed by atoms with Crippen LogP contribution in [0.4, 0.5) is 0 Å². The Hall–Kier alpha value is -2.84. The summed E-state index contributed by atoms with van der Waals surface area (Å²) >= 11 is 0. The van der Waals surface area contributed by atoms with Gasteiger partial charge in [0.1, 0.15) is 0 Å². The van der Waals surface area contributed by atoms with E-state index in [1.807, 2.05) is 30.3 Å². The second kappa shape index (κ2) is 15.9. The molecule has 0 aliphatic heterocycles. The molecule has 0 aromatic heterocycles. The lowest BCUT2D eigenvalue weighted by molar-refractivity contribution is -0.154. The maximum atomic E-state index is 11.5. The van der Waals surface area contributed by atoms with Crippen molar-refractivity contribution in [3.8, 4) is 0 Å². The molecule has 8 nitrogen and oxygen atoms in total. The van der Waals surface area contributed by atoms with Crippen molar-refractivity contribution in [2.75, 3.05) is 26.4 Å². The molecule has 2 N–H and O–H groups in total. The Morgan fingerprint density at radius 1 is 0.839 bits per heavy atom. The molecule has 1 rings (SSSR count). The normalized spacial score (nSPS) is 13.0. The van der Waals surface area contributed by atoms with E-state index >= 15 is 0 Å². The number of carbonyl (C=O) groups excluding carboxylic acids is 2. The van der Waals surface area contributed by atoms with Crippen molar-refractivity contribution >= 4 is 11.9 Å². The first-order valence-electron chi connectivity index (χ1n) is 10.2. The van der Waals surface area contributed by atoms with Gasteiger partial charge in [0.05, 0.1) is 50.1 Å². The maximum absolute atomic E-state index is 11.5. The van der Waals surface area contributed by atoms with Crippen molar-refractivity contribution in [1.82, 2.24) is 0 Å². The number of aliphatic hydroxyl groups excluding tert-OH is 2. The summed E-state index contributed by atoms with van der Waals surface area (Å²) in [5.74, 6) is -1.14. The van der Waals surface area contributed by atoms with E-state index in [9.17, 15) is 9.59 Å². The molecule has 8 heteroatoms. The Morgan fingerprint density at radius 3 is 1.77 bits per heavy atom. The zero-order chi connectivity index (χ0) is 22.9. The Balaban J connectivity index is 2.36. The lowest BCUT2D eigenvalue weighted by Gasteiger charge is -2.19. The van der Waals surface area contributed by atoms with Crippen molar-refractivity contribution in [3.05, 3.63) is 59.6 Å². The molecule has 1 aromatic carbocycles. The van der Waals surface area contributed by atoms with E-state index in [0.29, 0.717) is 45.0 Å². The molecule has 0 saturated carbocycles. The minimum Gasteiger partial charge on any atom is -0.515 e. The monoisotopic (exact) mass is 436 g/mol. The van der Waals surface area contributed by atoms with Gasteiger partial charge < -0.3 is 29.2 Å². The SMILES string of the molecule is CC(=CO)C(=O)OCCCOC(CCc1ccccc1)OCCCOC(=O)C(C)=CO. The predicted molar refractivity (Wildman–Crippen MR) is 114 cm³/mol. The predicted octanol–water partition coefficient (Wildman–Crippen LogP) is 3.77. The fraction of sp³-hybridized carbons (Fsp3) is 0.478. The second-order valence-corrected chi connectivity index (χ2v) is 6.80. The van der Waals surface area contributed by atoms with Gasteiger partial charge in [-0.05, 0) is 25.8 Å². The Bertz CT molecular complexity index is 672. The van der Waals surface area contributed by atoms with Gasteiger partial charge in [-0.25, -0.2) is 9.59 Å². The molecule has 0 fully saturated rings. The zero-order valence-corrected chi connectivity index (χ0v) is 18.1. The largest absolute Gasteiger partial charge is 0.515 e. The summed E-state index contributed by atoms with van der Waals surface area (Å²) in [5.41, 5.74) is 1.44. The summed E-state index contributed by atoms with van der Waals surface area (Å²) in [6.45, 7) is 3.94. The topological polar surface area (TPSA) is 112 Å². The molecular formula is C23H32O8. The van der Waals surface area contributed by atoms with Crippen molar-refractivity contribution in [2.45, 2.75) is 45.8 Å². The van der Waals surface area contributed by atoms with E-state index in [2.05, 4.69) is 0 Å². The molecule has 0 aliphatic carbocycles. The molecule has 0 unspecified atom stereocenters. The van der Waals surface area contributed by atoms with Crippen molar-refractivity contribution in [3.63, 3.8) is 0 Å². The van der Waals surface area contributed by atoms with Crippen LogP contribution in [0.2, 0.25) is 0 Å². The molecule has 0 atom stereocenters.